The Labute approximate surface area is 231 Å². The Kier molecular flexibility index (Phi) is 11.3. The summed E-state index contributed by atoms with van der Waals surface area (Å²) in [5.74, 6) is 0. The van der Waals surface area contributed by atoms with Crippen molar-refractivity contribution in [3.05, 3.63) is 27.8 Å². The third-order valence-corrected chi connectivity index (χ3v) is 8.82. The van der Waals surface area contributed by atoms with Crippen LogP contribution in [0.4, 0.5) is 24.5 Å². The fourth-order valence-corrected chi connectivity index (χ4v) is 6.53. The molecule has 1 heterocycles. The van der Waals surface area contributed by atoms with Gasteiger partial charge in [-0.15, -0.1) is 0 Å². The van der Waals surface area contributed by atoms with Crippen LogP contribution >= 0.6 is 0 Å². The maximum Gasteiger partial charge on any atom is 0.418 e. The van der Waals surface area contributed by atoms with Gasteiger partial charge >= 0.3 is 6.18 Å². The highest BCUT2D eigenvalue weighted by molar-refractivity contribution is 7.89. The third-order valence-electron chi connectivity index (χ3n) is 5.72. The summed E-state index contributed by atoms with van der Waals surface area (Å²) >= 11 is 0. The molecule has 1 fully saturated rings. The quantitative estimate of drug-likeness (QED) is 0.181. The summed E-state index contributed by atoms with van der Waals surface area (Å²) in [5.41, 5.74) is -3.85. The van der Waals surface area contributed by atoms with Gasteiger partial charge < -0.3 is 9.80 Å². The number of rotatable bonds is 12. The number of non-ortho nitro benzene ring substituents is 1. The molecule has 0 amide bonds. The predicted molar refractivity (Wildman–Crippen MR) is 137 cm³/mol. The molecule has 1 aliphatic heterocycles. The maximum atomic E-state index is 14.3. The van der Waals surface area contributed by atoms with Gasteiger partial charge in [0.1, 0.15) is 4.90 Å². The molecule has 1 aromatic carbocycles. The zero-order valence-corrected chi connectivity index (χ0v) is 24.4. The molecule has 0 aromatic heterocycles. The van der Waals surface area contributed by atoms with Crippen molar-refractivity contribution in [2.24, 2.45) is 0 Å². The van der Waals surface area contributed by atoms with E-state index in [4.69, 9.17) is 0 Å². The summed E-state index contributed by atoms with van der Waals surface area (Å²) in [6.07, 6.45) is -3.27. The van der Waals surface area contributed by atoms with Crippen molar-refractivity contribution >= 4 is 41.6 Å². The normalized spacial score (nSPS) is 16.9. The Balaban J connectivity index is 2.78. The van der Waals surface area contributed by atoms with Gasteiger partial charge in [0, 0.05) is 38.3 Å². The molecular formula is C20H31F3N4O10S3. The van der Waals surface area contributed by atoms with Crippen molar-refractivity contribution in [1.29, 1.82) is 0 Å². The van der Waals surface area contributed by atoms with Gasteiger partial charge in [-0.05, 0) is 33.0 Å². The fourth-order valence-electron chi connectivity index (χ4n) is 4.01. The molecule has 0 radical (unpaired) electrons. The number of nitrogens with zero attached hydrogens (tertiary/aromatic N) is 4. The van der Waals surface area contributed by atoms with E-state index in [-0.39, 0.29) is 19.2 Å². The standard InChI is InChI=1S/C20H31F3N4O10S3/c1-24-6-4-8-26(9-5-7-24)40(34,35)18-15-16(27(28)29)14-17(20(21,22)23)19(18)25(10-12-36-38(2,30)31)11-13-37-39(3,32)33/h14-15H,4-13H2,1-3H3. The number of nitro groups is 1. The lowest BCUT2D eigenvalue weighted by molar-refractivity contribution is -0.385. The molecule has 2 rings (SSSR count). The number of halogens is 3. The SMILES string of the molecule is CN1CCCN(S(=O)(=O)c2cc([N+](=O)[O-])cc(C(F)(F)F)c2N(CCOS(C)(=O)=O)CCOS(C)(=O)=O)CCC1. The first kappa shape index (κ1) is 34.1. The lowest BCUT2D eigenvalue weighted by Crippen LogP contribution is -2.40. The second-order valence-electron chi connectivity index (χ2n) is 9.05. The van der Waals surface area contributed by atoms with Gasteiger partial charge in [0.2, 0.25) is 10.0 Å². The largest absolute Gasteiger partial charge is 0.418 e. The minimum atomic E-state index is -5.31. The average molecular weight is 641 g/mol. The van der Waals surface area contributed by atoms with Gasteiger partial charge in [-0.2, -0.15) is 34.3 Å². The molecule has 20 heteroatoms. The van der Waals surface area contributed by atoms with E-state index >= 15 is 0 Å². The molecule has 0 aliphatic carbocycles. The van der Waals surface area contributed by atoms with Crippen molar-refractivity contribution in [2.45, 2.75) is 23.9 Å². The van der Waals surface area contributed by atoms with Crippen molar-refractivity contribution in [3.63, 3.8) is 0 Å². The van der Waals surface area contributed by atoms with Crippen LogP contribution in [0.2, 0.25) is 0 Å². The van der Waals surface area contributed by atoms with Gasteiger partial charge in [-0.3, -0.25) is 18.5 Å². The van der Waals surface area contributed by atoms with Gasteiger partial charge in [0.05, 0.1) is 41.9 Å². The summed E-state index contributed by atoms with van der Waals surface area (Å²) in [6.45, 7) is -2.00. The van der Waals surface area contributed by atoms with Gasteiger partial charge in [-0.25, -0.2) is 8.42 Å². The van der Waals surface area contributed by atoms with E-state index in [0.29, 0.717) is 44.5 Å². The van der Waals surface area contributed by atoms with Crippen LogP contribution in [0, 0.1) is 10.1 Å². The lowest BCUT2D eigenvalue weighted by atomic mass is 10.1. The summed E-state index contributed by atoms with van der Waals surface area (Å²) in [6, 6.07) is 0.672. The summed E-state index contributed by atoms with van der Waals surface area (Å²) in [4.78, 5) is 12.0. The van der Waals surface area contributed by atoms with Crippen LogP contribution in [0.15, 0.2) is 17.0 Å². The lowest BCUT2D eigenvalue weighted by Gasteiger charge is -2.32. The summed E-state index contributed by atoms with van der Waals surface area (Å²) in [5, 5.41) is 11.6. The Bertz CT molecular complexity index is 1340. The van der Waals surface area contributed by atoms with Crippen LogP contribution in [0.3, 0.4) is 0 Å². The highest BCUT2D eigenvalue weighted by Gasteiger charge is 2.42. The van der Waals surface area contributed by atoms with E-state index in [0.717, 1.165) is 9.21 Å². The number of alkyl halides is 3. The molecule has 14 nitrogen and oxygen atoms in total. The second-order valence-corrected chi connectivity index (χ2v) is 14.2. The number of nitro benzene ring substituents is 1. The second kappa shape index (κ2) is 13.3. The van der Waals surface area contributed by atoms with E-state index < -0.39 is 89.5 Å². The van der Waals surface area contributed by atoms with Crippen LogP contribution < -0.4 is 4.90 Å². The van der Waals surface area contributed by atoms with Crippen molar-refractivity contribution in [3.8, 4) is 0 Å². The molecule has 0 atom stereocenters. The number of benzene rings is 1. The summed E-state index contributed by atoms with van der Waals surface area (Å²) < 4.78 is 127. The molecule has 0 unspecified atom stereocenters. The molecule has 1 aromatic rings. The Morgan fingerprint density at radius 3 is 1.80 bits per heavy atom. The number of anilines is 1. The van der Waals surface area contributed by atoms with E-state index in [1.807, 2.05) is 11.9 Å². The van der Waals surface area contributed by atoms with E-state index in [1.165, 1.54) is 0 Å². The third kappa shape index (κ3) is 10.1. The van der Waals surface area contributed by atoms with Gasteiger partial charge in [-0.1, -0.05) is 0 Å². The van der Waals surface area contributed by atoms with Crippen LogP contribution in [0.5, 0.6) is 0 Å². The minimum absolute atomic E-state index is 0.0788. The van der Waals surface area contributed by atoms with Crippen LogP contribution in [-0.4, -0.2) is 111 Å². The van der Waals surface area contributed by atoms with Gasteiger partial charge in [0.25, 0.3) is 25.9 Å². The molecule has 1 aliphatic rings. The first-order valence-corrected chi connectivity index (χ1v) is 16.8. The number of sulfonamides is 1. The van der Waals surface area contributed by atoms with Crippen molar-refractivity contribution in [1.82, 2.24) is 9.21 Å². The molecule has 0 spiro atoms. The highest BCUT2D eigenvalue weighted by atomic mass is 32.2. The predicted octanol–water partition coefficient (Wildman–Crippen LogP) is 1.09. The Morgan fingerprint density at radius 1 is 0.925 bits per heavy atom. The van der Waals surface area contributed by atoms with Crippen LogP contribution in [0.25, 0.3) is 0 Å². The molecule has 1 saturated heterocycles. The highest BCUT2D eigenvalue weighted by Crippen LogP contribution is 2.43. The number of hydrogen-bond acceptors (Lipinski definition) is 12. The molecular weight excluding hydrogens is 609 g/mol. The van der Waals surface area contributed by atoms with Crippen molar-refractivity contribution in [2.75, 3.05) is 76.9 Å². The molecule has 40 heavy (non-hydrogen) atoms. The monoisotopic (exact) mass is 640 g/mol. The average Bonchev–Trinajstić information content (AvgIpc) is 2.77. The topological polar surface area (TPSA) is 174 Å². The number of hydrogen-bond donors (Lipinski definition) is 0. The zero-order valence-electron chi connectivity index (χ0n) is 22.0. The van der Waals surface area contributed by atoms with Crippen LogP contribution in [0.1, 0.15) is 18.4 Å². The van der Waals surface area contributed by atoms with Gasteiger partial charge in [0.15, 0.2) is 0 Å². The van der Waals surface area contributed by atoms with Crippen LogP contribution in [-0.2, 0) is 44.8 Å². The van der Waals surface area contributed by atoms with E-state index in [9.17, 15) is 48.5 Å². The maximum absolute atomic E-state index is 14.3. The first-order chi connectivity index (χ1) is 18.2. The molecule has 230 valence electrons. The molecule has 0 N–H and O–H groups in total. The Hall–Kier alpha value is -2.10. The van der Waals surface area contributed by atoms with E-state index in [1.54, 1.807) is 0 Å². The first-order valence-electron chi connectivity index (χ1n) is 11.7. The Morgan fingerprint density at radius 2 is 1.40 bits per heavy atom. The molecule has 0 saturated carbocycles. The minimum Gasteiger partial charge on any atom is -0.365 e. The summed E-state index contributed by atoms with van der Waals surface area (Å²) in [7, 11) is -11.1. The molecule has 0 bridgehead atoms. The smallest absolute Gasteiger partial charge is 0.365 e. The van der Waals surface area contributed by atoms with Crippen molar-refractivity contribution < 1.29 is 51.7 Å². The van der Waals surface area contributed by atoms with E-state index in [2.05, 4.69) is 8.37 Å². The zero-order chi connectivity index (χ0) is 30.5. The fraction of sp³-hybridized carbons (Fsp3) is 0.700.